The van der Waals surface area contributed by atoms with Crippen LogP contribution < -0.4 is 11.1 Å². The molecule has 0 heterocycles. The van der Waals surface area contributed by atoms with E-state index in [1.54, 1.807) is 0 Å². The van der Waals surface area contributed by atoms with E-state index in [1.165, 1.54) is 0 Å². The molecule has 0 aromatic heterocycles. The number of aliphatic hydroxyl groups is 3. The predicted octanol–water partition coefficient (Wildman–Crippen LogP) is 3.61. The minimum Gasteiger partial charge on any atom is -0.393 e. The van der Waals surface area contributed by atoms with Gasteiger partial charge in [-0.25, -0.2) is 0 Å². The van der Waals surface area contributed by atoms with Crippen LogP contribution in [0.3, 0.4) is 0 Å². The largest absolute Gasteiger partial charge is 0.393 e. The van der Waals surface area contributed by atoms with Crippen molar-refractivity contribution in [3.05, 3.63) is 0 Å². The van der Waals surface area contributed by atoms with E-state index in [1.807, 2.05) is 0 Å². The molecule has 35 heavy (non-hydrogen) atoms. The summed E-state index contributed by atoms with van der Waals surface area (Å²) in [7, 11) is 0. The molecule has 4 saturated carbocycles. The Bertz CT molecular complexity index is 733. The van der Waals surface area contributed by atoms with Crippen molar-refractivity contribution in [1.29, 1.82) is 0 Å². The molecule has 4 fully saturated rings. The van der Waals surface area contributed by atoms with Gasteiger partial charge in [-0.3, -0.25) is 4.79 Å². The summed E-state index contributed by atoms with van der Waals surface area (Å²) < 4.78 is 0. The molecule has 0 saturated heterocycles. The van der Waals surface area contributed by atoms with Gasteiger partial charge in [0, 0.05) is 13.0 Å². The van der Waals surface area contributed by atoms with Gasteiger partial charge in [0.25, 0.3) is 0 Å². The summed E-state index contributed by atoms with van der Waals surface area (Å²) in [5.41, 5.74) is 5.45. The van der Waals surface area contributed by atoms with E-state index in [9.17, 15) is 20.1 Å². The van der Waals surface area contributed by atoms with Crippen LogP contribution >= 0.6 is 0 Å². The zero-order chi connectivity index (χ0) is 25.4. The highest BCUT2D eigenvalue weighted by Gasteiger charge is 2.65. The lowest BCUT2D eigenvalue weighted by molar-refractivity contribution is -0.207. The Morgan fingerprint density at radius 1 is 1.03 bits per heavy atom. The summed E-state index contributed by atoms with van der Waals surface area (Å²) in [5, 5.41) is 36.4. The number of amides is 1. The van der Waals surface area contributed by atoms with Gasteiger partial charge in [0.15, 0.2) is 0 Å². The zero-order valence-corrected chi connectivity index (χ0v) is 22.4. The van der Waals surface area contributed by atoms with Gasteiger partial charge in [-0.15, -0.1) is 0 Å². The van der Waals surface area contributed by atoms with E-state index < -0.39 is 0 Å². The second-order valence-corrected chi connectivity index (χ2v) is 13.2. The first-order valence-corrected chi connectivity index (χ1v) is 14.6. The Morgan fingerprint density at radius 2 is 1.80 bits per heavy atom. The van der Waals surface area contributed by atoms with Gasteiger partial charge in [-0.2, -0.15) is 0 Å². The number of unbranched alkanes of at least 4 members (excludes halogenated alkanes) is 2. The van der Waals surface area contributed by atoms with Crippen molar-refractivity contribution in [1.82, 2.24) is 5.32 Å². The highest BCUT2D eigenvalue weighted by atomic mass is 16.3. The maximum atomic E-state index is 12.4. The molecule has 1 amide bonds. The smallest absolute Gasteiger partial charge is 0.220 e. The molecule has 0 aromatic carbocycles. The molecule has 0 radical (unpaired) electrons. The minimum atomic E-state index is -0.366. The fourth-order valence-electron chi connectivity index (χ4n) is 9.45. The number of aliphatic hydroxyl groups excluding tert-OH is 3. The van der Waals surface area contributed by atoms with Gasteiger partial charge in [0.05, 0.1) is 18.3 Å². The third-order valence-corrected chi connectivity index (χ3v) is 11.6. The summed E-state index contributed by atoms with van der Waals surface area (Å²) in [4.78, 5) is 12.4. The predicted molar refractivity (Wildman–Crippen MR) is 138 cm³/mol. The summed E-state index contributed by atoms with van der Waals surface area (Å²) in [6.07, 6.45) is 9.86. The number of hydrogen-bond donors (Lipinski definition) is 5. The zero-order valence-electron chi connectivity index (χ0n) is 22.4. The lowest BCUT2D eigenvalue weighted by Gasteiger charge is -2.63. The Kier molecular flexibility index (Phi) is 8.57. The lowest BCUT2D eigenvalue weighted by atomic mass is 9.43. The molecule has 6 nitrogen and oxygen atoms in total. The van der Waals surface area contributed by atoms with E-state index in [0.29, 0.717) is 42.6 Å². The van der Waals surface area contributed by atoms with Crippen LogP contribution in [0, 0.1) is 46.3 Å². The van der Waals surface area contributed by atoms with Gasteiger partial charge in [-0.1, -0.05) is 27.2 Å². The molecule has 4 aliphatic rings. The van der Waals surface area contributed by atoms with Crippen LogP contribution in [0.1, 0.15) is 97.8 Å². The third kappa shape index (κ3) is 5.06. The quantitative estimate of drug-likeness (QED) is 0.315. The Labute approximate surface area is 212 Å². The normalized spacial score (nSPS) is 45.8. The van der Waals surface area contributed by atoms with Crippen molar-refractivity contribution in [2.24, 2.45) is 52.1 Å². The van der Waals surface area contributed by atoms with Crippen LogP contribution in [-0.4, -0.2) is 52.6 Å². The molecule has 0 aromatic rings. The Morgan fingerprint density at radius 3 is 2.54 bits per heavy atom. The molecular formula is C29H52N2O4. The molecule has 202 valence electrons. The van der Waals surface area contributed by atoms with E-state index >= 15 is 0 Å². The maximum absolute atomic E-state index is 12.4. The first-order chi connectivity index (χ1) is 16.6. The Balaban J connectivity index is 1.40. The van der Waals surface area contributed by atoms with Gasteiger partial charge in [-0.05, 0) is 117 Å². The summed E-state index contributed by atoms with van der Waals surface area (Å²) in [5.74, 6) is 2.14. The average Bonchev–Trinajstić information content (AvgIpc) is 3.17. The molecule has 6 heteroatoms. The van der Waals surface area contributed by atoms with E-state index in [-0.39, 0.29) is 41.0 Å². The van der Waals surface area contributed by atoms with Crippen LogP contribution in [0.5, 0.6) is 0 Å². The molecule has 0 aliphatic heterocycles. The van der Waals surface area contributed by atoms with E-state index in [4.69, 9.17) is 5.73 Å². The maximum Gasteiger partial charge on any atom is 0.220 e. The average molecular weight is 493 g/mol. The highest BCUT2D eigenvalue weighted by molar-refractivity contribution is 5.75. The fourth-order valence-corrected chi connectivity index (χ4v) is 9.45. The van der Waals surface area contributed by atoms with Crippen LogP contribution in [0.2, 0.25) is 0 Å². The molecule has 4 rings (SSSR count). The SMILES string of the molecule is CC(CCC(=O)NCCCCCN)C1CCC2C3C(O)CC4CC(O)CCC4(C)C3CC(O)C12C. The van der Waals surface area contributed by atoms with Gasteiger partial charge >= 0.3 is 0 Å². The van der Waals surface area contributed by atoms with Gasteiger partial charge in [0.2, 0.25) is 5.91 Å². The lowest BCUT2D eigenvalue weighted by Crippen LogP contribution is -2.62. The number of carbonyl (C=O) groups is 1. The summed E-state index contributed by atoms with van der Waals surface area (Å²) >= 11 is 0. The molecule has 11 unspecified atom stereocenters. The van der Waals surface area contributed by atoms with Crippen molar-refractivity contribution in [2.45, 2.75) is 116 Å². The molecule has 0 spiro atoms. The Hall–Kier alpha value is -0.690. The van der Waals surface area contributed by atoms with Gasteiger partial charge in [0.1, 0.15) is 0 Å². The first kappa shape index (κ1) is 27.3. The van der Waals surface area contributed by atoms with Crippen LogP contribution in [-0.2, 0) is 4.79 Å². The van der Waals surface area contributed by atoms with Crippen LogP contribution in [0.15, 0.2) is 0 Å². The molecule has 11 atom stereocenters. The molecule has 4 aliphatic carbocycles. The summed E-state index contributed by atoms with van der Waals surface area (Å²) in [6.45, 7) is 8.37. The first-order valence-electron chi connectivity index (χ1n) is 14.6. The fraction of sp³-hybridized carbons (Fsp3) is 0.966. The summed E-state index contributed by atoms with van der Waals surface area (Å²) in [6, 6.07) is 0. The van der Waals surface area contributed by atoms with Crippen molar-refractivity contribution < 1.29 is 20.1 Å². The number of rotatable bonds is 9. The van der Waals surface area contributed by atoms with Crippen LogP contribution in [0.4, 0.5) is 0 Å². The van der Waals surface area contributed by atoms with Crippen molar-refractivity contribution in [3.8, 4) is 0 Å². The molecular weight excluding hydrogens is 440 g/mol. The van der Waals surface area contributed by atoms with E-state index in [0.717, 1.165) is 77.2 Å². The standard InChI is InChI=1S/C29H52N2O4/c1-18(7-10-26(35)31-14-6-4-5-13-30)21-8-9-22-27-23(17-25(34)29(21,22)3)28(2)12-11-20(32)15-19(28)16-24(27)33/h18-25,27,32-34H,4-17,30H2,1-3H3,(H,31,35). The molecule has 0 bridgehead atoms. The highest BCUT2D eigenvalue weighted by Crippen LogP contribution is 2.68. The number of hydrogen-bond acceptors (Lipinski definition) is 5. The third-order valence-electron chi connectivity index (χ3n) is 11.6. The monoisotopic (exact) mass is 492 g/mol. The molecule has 6 N–H and O–H groups in total. The minimum absolute atomic E-state index is 0.109. The van der Waals surface area contributed by atoms with Crippen molar-refractivity contribution in [2.75, 3.05) is 13.1 Å². The number of fused-ring (bicyclic) bond motifs is 5. The van der Waals surface area contributed by atoms with Gasteiger partial charge < -0.3 is 26.4 Å². The topological polar surface area (TPSA) is 116 Å². The number of carbonyl (C=O) groups excluding carboxylic acids is 1. The second-order valence-electron chi connectivity index (χ2n) is 13.2. The number of nitrogens with one attached hydrogen (secondary N) is 1. The van der Waals surface area contributed by atoms with Crippen molar-refractivity contribution in [3.63, 3.8) is 0 Å². The number of nitrogens with two attached hydrogens (primary N) is 1. The van der Waals surface area contributed by atoms with Crippen LogP contribution in [0.25, 0.3) is 0 Å². The van der Waals surface area contributed by atoms with Crippen molar-refractivity contribution >= 4 is 5.91 Å². The van der Waals surface area contributed by atoms with E-state index in [2.05, 4.69) is 26.1 Å². The second kappa shape index (κ2) is 11.0.